The highest BCUT2D eigenvalue weighted by molar-refractivity contribution is 6.05. The molecule has 0 aliphatic carbocycles. The van der Waals surface area contributed by atoms with Gasteiger partial charge in [0.05, 0.1) is 16.6 Å². The van der Waals surface area contributed by atoms with Gasteiger partial charge in [0.25, 0.3) is 5.91 Å². The third kappa shape index (κ3) is 4.43. The number of pyridine rings is 1. The number of hydrogen-bond acceptors (Lipinski definition) is 5. The Morgan fingerprint density at radius 3 is 2.37 bits per heavy atom. The number of hydrogen-bond donors (Lipinski definition) is 2. The Hall–Kier alpha value is -4.66. The van der Waals surface area contributed by atoms with Crippen LogP contribution < -0.4 is 16.1 Å². The smallest absolute Gasteiger partial charge is 0.433 e. The van der Waals surface area contributed by atoms with E-state index in [4.69, 9.17) is 4.42 Å². The first-order valence-electron chi connectivity index (χ1n) is 10.5. The minimum Gasteiger partial charge on any atom is -0.463 e. The third-order valence-corrected chi connectivity index (χ3v) is 5.33. The highest BCUT2D eigenvalue weighted by Crippen LogP contribution is 2.34. The lowest BCUT2D eigenvalue weighted by molar-refractivity contribution is -0.140. The monoisotopic (exact) mass is 475 g/mol. The molecule has 0 radical (unpaired) electrons. The summed E-state index contributed by atoms with van der Waals surface area (Å²) in [5.41, 5.74) is -0.133. The molecule has 35 heavy (non-hydrogen) atoms. The predicted molar refractivity (Wildman–Crippen MR) is 127 cm³/mol. The van der Waals surface area contributed by atoms with Crippen LogP contribution in [-0.4, -0.2) is 10.9 Å². The van der Waals surface area contributed by atoms with Gasteiger partial charge in [-0.25, -0.2) is 4.98 Å². The zero-order valence-corrected chi connectivity index (χ0v) is 17.9. The number of fused-ring (bicyclic) bond motifs is 2. The van der Waals surface area contributed by atoms with E-state index in [0.717, 1.165) is 12.3 Å². The summed E-state index contributed by atoms with van der Waals surface area (Å²) < 4.78 is 45.5. The van der Waals surface area contributed by atoms with Gasteiger partial charge in [-0.1, -0.05) is 36.4 Å². The molecule has 174 valence electrons. The van der Waals surface area contributed by atoms with Crippen molar-refractivity contribution < 1.29 is 22.4 Å². The first kappa shape index (κ1) is 22.1. The van der Waals surface area contributed by atoms with Gasteiger partial charge >= 0.3 is 6.18 Å². The molecule has 2 N–H and O–H groups in total. The minimum absolute atomic E-state index is 0.169. The van der Waals surface area contributed by atoms with E-state index in [1.807, 2.05) is 0 Å². The molecule has 5 aromatic rings. The number of halogens is 3. The van der Waals surface area contributed by atoms with Gasteiger partial charge < -0.3 is 15.1 Å². The maximum atomic E-state index is 13.4. The van der Waals surface area contributed by atoms with Crippen LogP contribution in [0.5, 0.6) is 0 Å². The van der Waals surface area contributed by atoms with Gasteiger partial charge in [-0.2, -0.15) is 13.2 Å². The van der Waals surface area contributed by atoms with Gasteiger partial charge in [0.2, 0.25) is 5.43 Å². The predicted octanol–water partition coefficient (Wildman–Crippen LogP) is 6.36. The number of carbonyl (C=O) groups excluding carboxylic acids is 1. The molecule has 0 aliphatic heterocycles. The fourth-order valence-corrected chi connectivity index (χ4v) is 3.69. The van der Waals surface area contributed by atoms with E-state index in [0.29, 0.717) is 22.3 Å². The van der Waals surface area contributed by atoms with E-state index in [9.17, 15) is 22.8 Å². The van der Waals surface area contributed by atoms with Gasteiger partial charge in [-0.05, 0) is 42.5 Å². The fraction of sp³-hybridized carbons (Fsp3) is 0.0385. The molecule has 0 bridgehead atoms. The number of amides is 1. The lowest BCUT2D eigenvalue weighted by Gasteiger charge is -2.14. The van der Waals surface area contributed by atoms with Crippen LogP contribution in [0, 0.1) is 0 Å². The van der Waals surface area contributed by atoms with Crippen LogP contribution in [0.15, 0.2) is 94.3 Å². The topological polar surface area (TPSA) is 84.2 Å². The summed E-state index contributed by atoms with van der Waals surface area (Å²) in [6, 6.07) is 20.4. The third-order valence-electron chi connectivity index (χ3n) is 5.33. The maximum absolute atomic E-state index is 13.4. The molecule has 6 nitrogen and oxygen atoms in total. The number of anilines is 3. The van der Waals surface area contributed by atoms with Crippen LogP contribution in [-0.2, 0) is 6.18 Å². The Kier molecular flexibility index (Phi) is 5.44. The van der Waals surface area contributed by atoms with E-state index >= 15 is 0 Å². The first-order valence-corrected chi connectivity index (χ1v) is 10.5. The molecule has 0 spiro atoms. The second kappa shape index (κ2) is 8.60. The minimum atomic E-state index is -4.61. The molecule has 3 aromatic carbocycles. The van der Waals surface area contributed by atoms with Crippen LogP contribution >= 0.6 is 0 Å². The standard InChI is InChI=1S/C26H16F3N3O3/c27-26(28,29)23-13-21(17-8-1-3-10-20(17)32-23)30-15-6-5-7-16(12-15)31-25(34)19-14-35-22-11-4-2-9-18(22)24(19)33/h1-14H,(H,30,32)(H,31,34). The Morgan fingerprint density at radius 2 is 1.57 bits per heavy atom. The number of para-hydroxylation sites is 2. The SMILES string of the molecule is O=C(Nc1cccc(Nc2cc(C(F)(F)F)nc3ccccc23)c1)c1coc2ccccc2c1=O. The summed E-state index contributed by atoms with van der Waals surface area (Å²) in [6.45, 7) is 0. The average molecular weight is 475 g/mol. The molecule has 2 heterocycles. The van der Waals surface area contributed by atoms with Crippen molar-refractivity contribution in [1.82, 2.24) is 4.98 Å². The van der Waals surface area contributed by atoms with E-state index < -0.39 is 23.2 Å². The number of alkyl halides is 3. The Balaban J connectivity index is 1.45. The molecular formula is C26H16F3N3O3. The molecule has 0 atom stereocenters. The molecule has 0 aliphatic rings. The molecular weight excluding hydrogens is 459 g/mol. The van der Waals surface area contributed by atoms with Gasteiger partial charge in [-0.3, -0.25) is 9.59 Å². The summed E-state index contributed by atoms with van der Waals surface area (Å²) >= 11 is 0. The van der Waals surface area contributed by atoms with Crippen molar-refractivity contribution in [3.63, 3.8) is 0 Å². The van der Waals surface area contributed by atoms with Crippen molar-refractivity contribution in [2.24, 2.45) is 0 Å². The molecule has 5 rings (SSSR count). The van der Waals surface area contributed by atoms with Gasteiger partial charge in [0.15, 0.2) is 0 Å². The van der Waals surface area contributed by atoms with Gasteiger partial charge in [-0.15, -0.1) is 0 Å². The summed E-state index contributed by atoms with van der Waals surface area (Å²) in [4.78, 5) is 29.1. The Labute approximate surface area is 196 Å². The number of aromatic nitrogens is 1. The number of carbonyl (C=O) groups is 1. The lowest BCUT2D eigenvalue weighted by atomic mass is 10.1. The molecule has 0 unspecified atom stereocenters. The Bertz CT molecular complexity index is 1640. The van der Waals surface area contributed by atoms with Crippen LogP contribution in [0.2, 0.25) is 0 Å². The highest BCUT2D eigenvalue weighted by Gasteiger charge is 2.33. The van der Waals surface area contributed by atoms with Crippen LogP contribution in [0.4, 0.5) is 30.2 Å². The molecule has 9 heteroatoms. The van der Waals surface area contributed by atoms with Crippen LogP contribution in [0.1, 0.15) is 16.1 Å². The quantitative estimate of drug-likeness (QED) is 0.316. The normalized spacial score (nSPS) is 11.5. The number of nitrogens with one attached hydrogen (secondary N) is 2. The second-order valence-electron chi connectivity index (χ2n) is 7.70. The molecule has 0 saturated heterocycles. The van der Waals surface area contributed by atoms with Crippen molar-refractivity contribution in [2.75, 3.05) is 10.6 Å². The first-order chi connectivity index (χ1) is 16.8. The number of rotatable bonds is 4. The zero-order chi connectivity index (χ0) is 24.6. The van der Waals surface area contributed by atoms with E-state index in [-0.39, 0.29) is 22.2 Å². The summed E-state index contributed by atoms with van der Waals surface area (Å²) in [6.07, 6.45) is -3.51. The number of nitrogens with zero attached hydrogens (tertiary/aromatic N) is 1. The van der Waals surface area contributed by atoms with Gasteiger partial charge in [0.1, 0.15) is 23.1 Å². The van der Waals surface area contributed by atoms with E-state index in [2.05, 4.69) is 15.6 Å². The van der Waals surface area contributed by atoms with E-state index in [1.54, 1.807) is 66.7 Å². The van der Waals surface area contributed by atoms with Crippen molar-refractivity contribution >= 4 is 44.8 Å². The average Bonchev–Trinajstić information content (AvgIpc) is 2.84. The van der Waals surface area contributed by atoms with Crippen LogP contribution in [0.25, 0.3) is 21.9 Å². The van der Waals surface area contributed by atoms with Crippen molar-refractivity contribution in [3.05, 3.63) is 107 Å². The van der Waals surface area contributed by atoms with E-state index in [1.165, 1.54) is 6.07 Å². The lowest BCUT2D eigenvalue weighted by Crippen LogP contribution is -2.21. The van der Waals surface area contributed by atoms with Crippen LogP contribution in [0.3, 0.4) is 0 Å². The highest BCUT2D eigenvalue weighted by atomic mass is 19.4. The Morgan fingerprint density at radius 1 is 0.857 bits per heavy atom. The largest absolute Gasteiger partial charge is 0.463 e. The molecule has 0 fully saturated rings. The summed E-state index contributed by atoms with van der Waals surface area (Å²) in [5.74, 6) is -0.671. The zero-order valence-electron chi connectivity index (χ0n) is 17.9. The fourth-order valence-electron chi connectivity index (χ4n) is 3.69. The summed E-state index contributed by atoms with van der Waals surface area (Å²) in [5, 5.41) is 6.39. The molecule has 0 saturated carbocycles. The maximum Gasteiger partial charge on any atom is 0.433 e. The second-order valence-corrected chi connectivity index (χ2v) is 7.70. The number of benzene rings is 3. The molecule has 1 amide bonds. The van der Waals surface area contributed by atoms with Crippen molar-refractivity contribution in [3.8, 4) is 0 Å². The summed E-state index contributed by atoms with van der Waals surface area (Å²) in [7, 11) is 0. The van der Waals surface area contributed by atoms with Gasteiger partial charge in [0, 0.05) is 16.8 Å². The van der Waals surface area contributed by atoms with Crippen molar-refractivity contribution in [1.29, 1.82) is 0 Å². The van der Waals surface area contributed by atoms with Crippen molar-refractivity contribution in [2.45, 2.75) is 6.18 Å². The molecule has 2 aromatic heterocycles.